The van der Waals surface area contributed by atoms with Crippen molar-refractivity contribution < 1.29 is 14.3 Å². The molecule has 0 N–H and O–H groups in total. The zero-order valence-electron chi connectivity index (χ0n) is 24.1. The van der Waals surface area contributed by atoms with Gasteiger partial charge < -0.3 is 9.47 Å². The van der Waals surface area contributed by atoms with Crippen LogP contribution in [0.2, 0.25) is 0 Å². The quantitative estimate of drug-likeness (QED) is 0.236. The van der Waals surface area contributed by atoms with Crippen molar-refractivity contribution in [3.05, 3.63) is 133 Å². The molecule has 9 heteroatoms. The Morgan fingerprint density at radius 2 is 1.65 bits per heavy atom. The molecule has 8 nitrogen and oxygen atoms in total. The van der Waals surface area contributed by atoms with Gasteiger partial charge in [0.1, 0.15) is 11.4 Å². The minimum atomic E-state index is -0.656. The predicted octanol–water partition coefficient (Wildman–Crippen LogP) is 5.05. The second kappa shape index (κ2) is 12.1. The molecule has 5 aromatic rings. The fraction of sp³-hybridized carbons (Fsp3) is 0.176. The van der Waals surface area contributed by atoms with Gasteiger partial charge in [-0.25, -0.2) is 14.5 Å². The monoisotopic (exact) mass is 590 g/mol. The summed E-state index contributed by atoms with van der Waals surface area (Å²) in [5.74, 6) is 0.297. The maximum Gasteiger partial charge on any atom is 0.338 e. The summed E-state index contributed by atoms with van der Waals surface area (Å²) < 4.78 is 14.9. The van der Waals surface area contributed by atoms with E-state index < -0.39 is 12.0 Å². The molecule has 1 aliphatic heterocycles. The highest BCUT2D eigenvalue weighted by Crippen LogP contribution is 2.31. The summed E-state index contributed by atoms with van der Waals surface area (Å²) in [5, 5.41) is 4.91. The lowest BCUT2D eigenvalue weighted by Crippen LogP contribution is -2.39. The van der Waals surface area contributed by atoms with Crippen molar-refractivity contribution in [2.75, 3.05) is 13.2 Å². The maximum absolute atomic E-state index is 14.1. The smallest absolute Gasteiger partial charge is 0.338 e. The van der Waals surface area contributed by atoms with Gasteiger partial charge in [-0.2, -0.15) is 5.10 Å². The van der Waals surface area contributed by atoms with Gasteiger partial charge in [0, 0.05) is 17.3 Å². The fourth-order valence-electron chi connectivity index (χ4n) is 5.19. The van der Waals surface area contributed by atoms with Crippen molar-refractivity contribution in [3.63, 3.8) is 0 Å². The molecule has 1 aliphatic rings. The topological polar surface area (TPSA) is 87.7 Å². The molecule has 0 saturated heterocycles. The number of esters is 1. The number of benzene rings is 3. The summed E-state index contributed by atoms with van der Waals surface area (Å²) in [6.07, 6.45) is 3.77. The highest BCUT2D eigenvalue weighted by molar-refractivity contribution is 7.07. The van der Waals surface area contributed by atoms with Gasteiger partial charge in [-0.15, -0.1) is 0 Å². The lowest BCUT2D eigenvalue weighted by Gasteiger charge is -2.24. The van der Waals surface area contributed by atoms with Crippen molar-refractivity contribution in [2.45, 2.75) is 26.8 Å². The SMILES string of the molecule is CCOC(=O)C1=C(C)N=c2sc(=Cc3cn(-c4ccccc4)nc3-c3ccc(OCC)cc3)c(=O)n2C1c1ccccc1. The number of carbonyl (C=O) groups is 1. The van der Waals surface area contributed by atoms with Gasteiger partial charge in [0.2, 0.25) is 0 Å². The Bertz CT molecular complexity index is 1990. The minimum Gasteiger partial charge on any atom is -0.494 e. The lowest BCUT2D eigenvalue weighted by atomic mass is 9.96. The van der Waals surface area contributed by atoms with Crippen LogP contribution in [0.5, 0.6) is 5.75 Å². The van der Waals surface area contributed by atoms with Gasteiger partial charge in [-0.3, -0.25) is 9.36 Å². The molecule has 0 saturated carbocycles. The second-order valence-electron chi connectivity index (χ2n) is 9.88. The molecule has 0 bridgehead atoms. The zero-order chi connectivity index (χ0) is 29.9. The van der Waals surface area contributed by atoms with Crippen molar-refractivity contribution >= 4 is 23.4 Å². The lowest BCUT2D eigenvalue weighted by molar-refractivity contribution is -0.139. The van der Waals surface area contributed by atoms with Crippen LogP contribution in [0, 0.1) is 0 Å². The number of aromatic nitrogens is 3. The average molecular weight is 591 g/mol. The number of hydrogen-bond acceptors (Lipinski definition) is 7. The van der Waals surface area contributed by atoms with Crippen LogP contribution < -0.4 is 19.6 Å². The number of para-hydroxylation sites is 1. The molecule has 3 heterocycles. The molecule has 2 aromatic heterocycles. The van der Waals surface area contributed by atoms with Crippen LogP contribution in [0.1, 0.15) is 37.9 Å². The number of hydrogen-bond donors (Lipinski definition) is 0. The van der Waals surface area contributed by atoms with Gasteiger partial charge in [0.05, 0.1) is 40.7 Å². The summed E-state index contributed by atoms with van der Waals surface area (Å²) in [6, 6.07) is 26.4. The van der Waals surface area contributed by atoms with Gasteiger partial charge >= 0.3 is 5.97 Å². The van der Waals surface area contributed by atoms with E-state index in [9.17, 15) is 9.59 Å². The molecule has 6 rings (SSSR count). The summed E-state index contributed by atoms with van der Waals surface area (Å²) in [6.45, 7) is 6.30. The number of nitrogens with zero attached hydrogens (tertiary/aromatic N) is 4. The molecular formula is C34H30N4O4S. The highest BCUT2D eigenvalue weighted by atomic mass is 32.1. The molecule has 0 aliphatic carbocycles. The Labute approximate surface area is 252 Å². The Kier molecular flexibility index (Phi) is 7.89. The van der Waals surface area contributed by atoms with E-state index in [2.05, 4.69) is 0 Å². The van der Waals surface area contributed by atoms with Gasteiger partial charge in [0.15, 0.2) is 4.80 Å². The van der Waals surface area contributed by atoms with Gasteiger partial charge in [-0.05, 0) is 68.8 Å². The first-order chi connectivity index (χ1) is 21.0. The first-order valence-electron chi connectivity index (χ1n) is 14.1. The van der Waals surface area contributed by atoms with Crippen LogP contribution in [-0.4, -0.2) is 33.5 Å². The Morgan fingerprint density at radius 3 is 2.33 bits per heavy atom. The summed E-state index contributed by atoms with van der Waals surface area (Å²) in [4.78, 5) is 32.5. The molecule has 216 valence electrons. The third-order valence-electron chi connectivity index (χ3n) is 7.12. The maximum atomic E-state index is 14.1. The summed E-state index contributed by atoms with van der Waals surface area (Å²) >= 11 is 1.29. The van der Waals surface area contributed by atoms with Crippen molar-refractivity contribution in [3.8, 4) is 22.7 Å². The fourth-order valence-corrected chi connectivity index (χ4v) is 6.23. The molecule has 1 unspecified atom stereocenters. The number of fused-ring (bicyclic) bond motifs is 1. The molecule has 3 aromatic carbocycles. The van der Waals surface area contributed by atoms with Gasteiger partial charge in [-0.1, -0.05) is 59.9 Å². The van der Waals surface area contributed by atoms with E-state index in [0.717, 1.165) is 33.8 Å². The molecule has 0 fully saturated rings. The number of carbonyl (C=O) groups excluding carboxylic acids is 1. The molecule has 0 radical (unpaired) electrons. The molecule has 43 heavy (non-hydrogen) atoms. The Morgan fingerprint density at radius 1 is 0.953 bits per heavy atom. The van der Waals surface area contributed by atoms with E-state index >= 15 is 0 Å². The first-order valence-corrected chi connectivity index (χ1v) is 14.9. The van der Waals surface area contributed by atoms with Crippen LogP contribution in [0.4, 0.5) is 0 Å². The molecule has 1 atom stereocenters. The number of allylic oxidation sites excluding steroid dienone is 1. The summed E-state index contributed by atoms with van der Waals surface area (Å²) in [7, 11) is 0. The number of rotatable bonds is 8. The van der Waals surface area contributed by atoms with E-state index in [0.29, 0.717) is 27.2 Å². The Balaban J connectivity index is 1.53. The highest BCUT2D eigenvalue weighted by Gasteiger charge is 2.33. The number of ether oxygens (including phenoxy) is 2. The van der Waals surface area contributed by atoms with E-state index in [4.69, 9.17) is 19.6 Å². The van der Waals surface area contributed by atoms with Crippen LogP contribution >= 0.6 is 11.3 Å². The van der Waals surface area contributed by atoms with Crippen molar-refractivity contribution in [1.29, 1.82) is 0 Å². The summed E-state index contributed by atoms with van der Waals surface area (Å²) in [5.41, 5.74) is 4.74. The second-order valence-corrected chi connectivity index (χ2v) is 10.9. The van der Waals surface area contributed by atoms with E-state index in [1.165, 1.54) is 11.3 Å². The van der Waals surface area contributed by atoms with E-state index in [1.807, 2.05) is 109 Å². The molecule has 0 amide bonds. The van der Waals surface area contributed by atoms with E-state index in [-0.39, 0.29) is 12.2 Å². The van der Waals surface area contributed by atoms with Crippen LogP contribution in [0.3, 0.4) is 0 Å². The van der Waals surface area contributed by atoms with Gasteiger partial charge in [0.25, 0.3) is 5.56 Å². The third kappa shape index (κ3) is 5.47. The van der Waals surface area contributed by atoms with Crippen LogP contribution in [0.15, 0.2) is 112 Å². The molecule has 0 spiro atoms. The van der Waals surface area contributed by atoms with Crippen LogP contribution in [-0.2, 0) is 9.53 Å². The number of thiazole rings is 1. The molecular weight excluding hydrogens is 560 g/mol. The Hall–Kier alpha value is -5.02. The minimum absolute atomic E-state index is 0.223. The normalized spacial score (nSPS) is 14.8. The predicted molar refractivity (Wildman–Crippen MR) is 167 cm³/mol. The van der Waals surface area contributed by atoms with Crippen LogP contribution in [0.25, 0.3) is 23.0 Å². The first kappa shape index (κ1) is 28.1. The standard InChI is InChI=1S/C34H30N4O4S/c1-4-41-27-18-16-23(17-19-27)30-25(21-37(36-30)26-14-10-7-11-15-26)20-28-32(39)38-31(24-12-8-6-9-13-24)29(33(40)42-5-2)22(3)35-34(38)43-28/h6-21,31H,4-5H2,1-3H3. The largest absolute Gasteiger partial charge is 0.494 e. The van der Waals surface area contributed by atoms with Crippen molar-refractivity contribution in [2.24, 2.45) is 4.99 Å². The zero-order valence-corrected chi connectivity index (χ0v) is 24.9. The van der Waals surface area contributed by atoms with E-state index in [1.54, 1.807) is 18.4 Å². The van der Waals surface area contributed by atoms with Crippen molar-refractivity contribution in [1.82, 2.24) is 14.3 Å². The third-order valence-corrected chi connectivity index (χ3v) is 8.10. The average Bonchev–Trinajstić information content (AvgIpc) is 3.58.